The van der Waals surface area contributed by atoms with Crippen LogP contribution in [-0.2, 0) is 28.9 Å². The quantitative estimate of drug-likeness (QED) is 0.286. The van der Waals surface area contributed by atoms with E-state index in [1.165, 1.54) is 0 Å². The van der Waals surface area contributed by atoms with Gasteiger partial charge in [0.25, 0.3) is 5.91 Å². The molecule has 0 unspecified atom stereocenters. The van der Waals surface area contributed by atoms with Gasteiger partial charge in [0.05, 0.1) is 23.6 Å². The third-order valence-corrected chi connectivity index (χ3v) is 10.4. The number of amides is 1. The molecule has 0 aliphatic carbocycles. The number of fused-ring (bicyclic) bond motifs is 1. The van der Waals surface area contributed by atoms with Gasteiger partial charge in [0, 0.05) is 37.0 Å². The first-order chi connectivity index (χ1) is 18.7. The predicted molar refractivity (Wildman–Crippen MR) is 149 cm³/mol. The molecule has 0 spiro atoms. The Labute approximate surface area is 229 Å². The zero-order valence-electron chi connectivity index (χ0n) is 22.8. The summed E-state index contributed by atoms with van der Waals surface area (Å²) in [5, 5.41) is 17.4. The number of aliphatic hydroxyl groups excluding tert-OH is 1. The van der Waals surface area contributed by atoms with Gasteiger partial charge in [-0.1, -0.05) is 36.4 Å². The Morgan fingerprint density at radius 3 is 2.72 bits per heavy atom. The molecule has 1 N–H and O–H groups in total. The van der Waals surface area contributed by atoms with Crippen LogP contribution in [0.3, 0.4) is 0 Å². The molecular weight excluding hydrogens is 515 g/mol. The van der Waals surface area contributed by atoms with Crippen molar-refractivity contribution in [3.05, 3.63) is 66.0 Å². The number of ether oxygens (including phenoxy) is 2. The Bertz CT molecular complexity index is 1300. The third-order valence-electron chi connectivity index (χ3n) is 7.89. The zero-order valence-corrected chi connectivity index (χ0v) is 23.8. The standard InChI is InChI=1S/C29H37FN4O4Si/c1-20-25(38-27(29(20)39(2,3)30)13-15-33-18-22(14-16-35)31-32-33)12-11-21-7-6-8-23(17-21)34-24-9-4-5-10-26(24)37-19-28(34)36/h4-10,17-18,20,25,27,29,35H,11-16,19H2,1-3H3/t20-,25+,27-,29+/m1/s1. The van der Waals surface area contributed by atoms with Crippen molar-refractivity contribution in [3.63, 3.8) is 0 Å². The Morgan fingerprint density at radius 2 is 1.92 bits per heavy atom. The van der Waals surface area contributed by atoms with Gasteiger partial charge >= 0.3 is 0 Å². The highest BCUT2D eigenvalue weighted by Crippen LogP contribution is 2.47. The van der Waals surface area contributed by atoms with E-state index in [1.54, 1.807) is 22.7 Å². The fraction of sp³-hybridized carbons (Fsp3) is 0.483. The summed E-state index contributed by atoms with van der Waals surface area (Å²) in [5.41, 5.74) is 3.32. The SMILES string of the molecule is C[C@H]1[C@H]([Si](C)(C)F)[C@@H](CCn2cc(CCO)nn2)O[C@H]1CCc1cccc(N2C(=O)COc3ccccc32)c1. The second kappa shape index (κ2) is 11.6. The minimum Gasteiger partial charge on any atom is -0.482 e. The van der Waals surface area contributed by atoms with Gasteiger partial charge in [-0.3, -0.25) is 14.4 Å². The fourth-order valence-corrected chi connectivity index (χ4v) is 8.72. The molecule has 3 aromatic rings. The number of aryl methyl sites for hydroxylation is 2. The van der Waals surface area contributed by atoms with Crippen LogP contribution < -0.4 is 9.64 Å². The first-order valence-electron chi connectivity index (χ1n) is 13.7. The number of aromatic nitrogens is 3. The summed E-state index contributed by atoms with van der Waals surface area (Å²) in [7, 11) is -2.98. The fourth-order valence-electron chi connectivity index (χ4n) is 6.13. The molecule has 1 fully saturated rings. The van der Waals surface area contributed by atoms with Crippen LogP contribution >= 0.6 is 0 Å². The van der Waals surface area contributed by atoms with Crippen molar-refractivity contribution in [2.24, 2.45) is 5.92 Å². The normalized spacial score (nSPS) is 23.1. The molecule has 1 saturated heterocycles. The van der Waals surface area contributed by atoms with Gasteiger partial charge in [-0.2, -0.15) is 0 Å². The minimum absolute atomic E-state index is 0.0116. The molecule has 0 bridgehead atoms. The van der Waals surface area contributed by atoms with Crippen molar-refractivity contribution < 1.29 is 23.5 Å². The topological polar surface area (TPSA) is 89.7 Å². The molecule has 5 rings (SSSR count). The molecule has 0 saturated carbocycles. The van der Waals surface area contributed by atoms with Gasteiger partial charge < -0.3 is 18.7 Å². The highest BCUT2D eigenvalue weighted by molar-refractivity contribution is 6.72. The van der Waals surface area contributed by atoms with Crippen LogP contribution in [0.15, 0.2) is 54.7 Å². The average molecular weight is 553 g/mol. The minimum atomic E-state index is -2.98. The molecule has 2 aliphatic rings. The van der Waals surface area contributed by atoms with E-state index >= 15 is 4.11 Å². The summed E-state index contributed by atoms with van der Waals surface area (Å²) >= 11 is 0. The van der Waals surface area contributed by atoms with Crippen LogP contribution in [0, 0.1) is 5.92 Å². The van der Waals surface area contributed by atoms with Crippen molar-refractivity contribution >= 4 is 25.7 Å². The largest absolute Gasteiger partial charge is 0.482 e. The second-order valence-corrected chi connectivity index (χ2v) is 14.9. The Hall–Kier alpha value is -3.08. The zero-order chi connectivity index (χ0) is 27.6. The van der Waals surface area contributed by atoms with Crippen LogP contribution in [0.4, 0.5) is 15.5 Å². The van der Waals surface area contributed by atoms with Crippen molar-refractivity contribution in [3.8, 4) is 5.75 Å². The first kappa shape index (κ1) is 27.5. The number of nitrogens with zero attached hydrogens (tertiary/aromatic N) is 4. The average Bonchev–Trinajstić information content (AvgIpc) is 3.49. The number of carbonyl (C=O) groups excluding carboxylic acids is 1. The van der Waals surface area contributed by atoms with Crippen LogP contribution in [-0.4, -0.2) is 59.8 Å². The molecule has 1 aromatic heterocycles. The lowest BCUT2D eigenvalue weighted by Gasteiger charge is -2.29. The third kappa shape index (κ3) is 6.07. The molecule has 3 heterocycles. The number of benzene rings is 2. The van der Waals surface area contributed by atoms with Crippen LogP contribution in [0.25, 0.3) is 0 Å². The molecule has 2 aromatic carbocycles. The maximum absolute atomic E-state index is 15.5. The lowest BCUT2D eigenvalue weighted by atomic mass is 9.95. The van der Waals surface area contributed by atoms with E-state index in [2.05, 4.69) is 29.4 Å². The smallest absolute Gasteiger partial charge is 0.269 e. The Balaban J connectivity index is 1.26. The van der Waals surface area contributed by atoms with Gasteiger partial charge in [0.1, 0.15) is 5.75 Å². The lowest BCUT2D eigenvalue weighted by molar-refractivity contribution is -0.120. The molecular formula is C29H37FN4O4Si. The van der Waals surface area contributed by atoms with Crippen molar-refractivity contribution in [2.75, 3.05) is 18.1 Å². The van der Waals surface area contributed by atoms with Gasteiger partial charge in [0.15, 0.2) is 6.61 Å². The van der Waals surface area contributed by atoms with Gasteiger partial charge in [-0.25, -0.2) is 0 Å². The molecule has 8 nitrogen and oxygen atoms in total. The lowest BCUT2D eigenvalue weighted by Crippen LogP contribution is -2.36. The molecule has 39 heavy (non-hydrogen) atoms. The number of hydrogen-bond acceptors (Lipinski definition) is 6. The summed E-state index contributed by atoms with van der Waals surface area (Å²) < 4.78 is 29.4. The summed E-state index contributed by atoms with van der Waals surface area (Å²) in [6.07, 6.45) is 4.31. The molecule has 208 valence electrons. The first-order valence-corrected chi connectivity index (χ1v) is 16.7. The van der Waals surface area contributed by atoms with Crippen LogP contribution in [0.2, 0.25) is 18.6 Å². The molecule has 4 atom stereocenters. The van der Waals surface area contributed by atoms with Crippen molar-refractivity contribution in [2.45, 2.75) is 70.0 Å². The monoisotopic (exact) mass is 552 g/mol. The molecule has 0 radical (unpaired) electrons. The Morgan fingerprint density at radius 1 is 1.10 bits per heavy atom. The number of anilines is 2. The van der Waals surface area contributed by atoms with E-state index in [-0.39, 0.29) is 42.8 Å². The summed E-state index contributed by atoms with van der Waals surface area (Å²) in [5.74, 6) is 0.704. The number of carbonyl (C=O) groups is 1. The van der Waals surface area contributed by atoms with E-state index in [4.69, 9.17) is 14.6 Å². The number of rotatable bonds is 10. The van der Waals surface area contributed by atoms with E-state index in [0.717, 1.165) is 35.5 Å². The Kier molecular flexibility index (Phi) is 8.15. The van der Waals surface area contributed by atoms with Crippen LogP contribution in [0.5, 0.6) is 5.75 Å². The van der Waals surface area contributed by atoms with Gasteiger partial charge in [-0.15, -0.1) is 5.10 Å². The van der Waals surface area contributed by atoms with Crippen LogP contribution in [0.1, 0.15) is 31.0 Å². The molecule has 2 aliphatic heterocycles. The summed E-state index contributed by atoms with van der Waals surface area (Å²) in [6.45, 7) is 6.33. The number of hydrogen-bond donors (Lipinski definition) is 1. The summed E-state index contributed by atoms with van der Waals surface area (Å²) in [6, 6.07) is 15.6. The number of aliphatic hydroxyl groups is 1. The maximum Gasteiger partial charge on any atom is 0.269 e. The number of para-hydroxylation sites is 2. The van der Waals surface area contributed by atoms with E-state index in [9.17, 15) is 4.79 Å². The van der Waals surface area contributed by atoms with E-state index in [0.29, 0.717) is 25.1 Å². The second-order valence-electron chi connectivity index (χ2n) is 11.1. The van der Waals surface area contributed by atoms with Crippen molar-refractivity contribution in [1.82, 2.24) is 15.0 Å². The van der Waals surface area contributed by atoms with E-state index < -0.39 is 8.41 Å². The molecule has 1 amide bonds. The van der Waals surface area contributed by atoms with Gasteiger partial charge in [0.2, 0.25) is 8.41 Å². The van der Waals surface area contributed by atoms with E-state index in [1.807, 2.05) is 42.6 Å². The summed E-state index contributed by atoms with van der Waals surface area (Å²) in [4.78, 5) is 14.5. The molecule has 10 heteroatoms. The highest BCUT2D eigenvalue weighted by atomic mass is 28.4. The highest BCUT2D eigenvalue weighted by Gasteiger charge is 2.50. The van der Waals surface area contributed by atoms with Crippen molar-refractivity contribution in [1.29, 1.82) is 0 Å². The van der Waals surface area contributed by atoms with Gasteiger partial charge in [-0.05, 0) is 68.1 Å². The number of halogens is 1. The maximum atomic E-state index is 15.5. The predicted octanol–water partition coefficient (Wildman–Crippen LogP) is 4.84.